The number of aliphatic hydroxyl groups excluding tert-OH is 1. The number of aliphatic hydroxyl groups is 1. The van der Waals surface area contributed by atoms with Gasteiger partial charge in [-0.3, -0.25) is 10.1 Å². The van der Waals surface area contributed by atoms with Gasteiger partial charge in [-0.05, 0) is 13.8 Å². The fourth-order valence-corrected chi connectivity index (χ4v) is 0.551. The number of hydrogen-bond acceptors (Lipinski definition) is 3. The summed E-state index contributed by atoms with van der Waals surface area (Å²) in [5.41, 5.74) is 0. The molecule has 0 bridgehead atoms. The van der Waals surface area contributed by atoms with Gasteiger partial charge in [0.15, 0.2) is 0 Å². The Morgan fingerprint density at radius 1 is 1.60 bits per heavy atom. The van der Waals surface area contributed by atoms with Gasteiger partial charge in [0.1, 0.15) is 6.04 Å². The van der Waals surface area contributed by atoms with E-state index in [9.17, 15) is 4.79 Å². The molecule has 3 N–H and O–H groups in total. The highest BCUT2D eigenvalue weighted by atomic mass is 16.4. The molecule has 0 saturated heterocycles. The van der Waals surface area contributed by atoms with Gasteiger partial charge < -0.3 is 10.2 Å². The normalized spacial score (nSPS) is 16.3. The van der Waals surface area contributed by atoms with Crippen molar-refractivity contribution >= 4 is 5.97 Å². The van der Waals surface area contributed by atoms with Crippen LogP contribution in [0.15, 0.2) is 0 Å². The van der Waals surface area contributed by atoms with Crippen molar-refractivity contribution in [3.05, 3.63) is 0 Å². The lowest BCUT2D eigenvalue weighted by Gasteiger charge is -2.13. The van der Waals surface area contributed by atoms with Crippen molar-refractivity contribution in [2.24, 2.45) is 0 Å². The van der Waals surface area contributed by atoms with E-state index >= 15 is 0 Å². The summed E-state index contributed by atoms with van der Waals surface area (Å²) in [7, 11) is 0. The van der Waals surface area contributed by atoms with Gasteiger partial charge in [-0.1, -0.05) is 0 Å². The average molecular weight is 147 g/mol. The molecule has 0 aromatic carbocycles. The maximum Gasteiger partial charge on any atom is 0.320 e. The highest BCUT2D eigenvalue weighted by Gasteiger charge is 2.11. The number of hydrogen-bond donors (Lipinski definition) is 3. The molecule has 0 amide bonds. The minimum absolute atomic E-state index is 0.0440. The van der Waals surface area contributed by atoms with Crippen LogP contribution in [0.5, 0.6) is 0 Å². The van der Waals surface area contributed by atoms with Crippen LogP contribution in [0.4, 0.5) is 0 Å². The summed E-state index contributed by atoms with van der Waals surface area (Å²) >= 11 is 0. The lowest BCUT2D eigenvalue weighted by Crippen LogP contribution is -2.41. The summed E-state index contributed by atoms with van der Waals surface area (Å²) in [4.78, 5) is 10.2. The van der Waals surface area contributed by atoms with Crippen molar-refractivity contribution in [1.82, 2.24) is 5.32 Å². The van der Waals surface area contributed by atoms with Gasteiger partial charge in [-0.25, -0.2) is 0 Å². The van der Waals surface area contributed by atoms with Gasteiger partial charge in [0, 0.05) is 6.04 Å². The molecule has 10 heavy (non-hydrogen) atoms. The Labute approximate surface area is 59.9 Å². The quantitative estimate of drug-likeness (QED) is 0.498. The molecule has 0 rings (SSSR count). The van der Waals surface area contributed by atoms with E-state index in [0.717, 1.165) is 0 Å². The second-order valence-electron chi connectivity index (χ2n) is 2.31. The summed E-state index contributed by atoms with van der Waals surface area (Å²) in [5, 5.41) is 19.6. The van der Waals surface area contributed by atoms with E-state index in [2.05, 4.69) is 5.32 Å². The molecule has 0 spiro atoms. The van der Waals surface area contributed by atoms with E-state index in [1.807, 2.05) is 0 Å². The number of aliphatic carboxylic acids is 1. The van der Waals surface area contributed by atoms with Crippen molar-refractivity contribution < 1.29 is 15.0 Å². The third-order valence-electron chi connectivity index (χ3n) is 1.18. The maximum atomic E-state index is 10.2. The zero-order valence-corrected chi connectivity index (χ0v) is 6.16. The van der Waals surface area contributed by atoms with Crippen LogP contribution in [-0.2, 0) is 4.79 Å². The Morgan fingerprint density at radius 3 is 2.40 bits per heavy atom. The number of carboxylic acids is 1. The number of carbonyl (C=O) groups is 1. The van der Waals surface area contributed by atoms with Crippen LogP contribution in [0.1, 0.15) is 13.8 Å². The summed E-state index contributed by atoms with van der Waals surface area (Å²) in [6.07, 6.45) is 0. The van der Waals surface area contributed by atoms with Crippen LogP contribution >= 0.6 is 0 Å². The van der Waals surface area contributed by atoms with E-state index in [0.29, 0.717) is 0 Å². The Hall–Kier alpha value is -0.610. The van der Waals surface area contributed by atoms with Crippen LogP contribution in [-0.4, -0.2) is 34.9 Å². The van der Waals surface area contributed by atoms with Gasteiger partial charge in [0.2, 0.25) is 0 Å². The standard InChI is InChI=1S/C6H13NO3/c1-4(3-8)7-5(2)6(9)10/h4-5,7-8H,3H2,1-2H3,(H,9,10)/t4?,5-/m1/s1. The van der Waals surface area contributed by atoms with E-state index in [-0.39, 0.29) is 12.6 Å². The molecule has 0 fully saturated rings. The number of rotatable bonds is 4. The maximum absolute atomic E-state index is 10.2. The molecule has 0 aliphatic carbocycles. The fraction of sp³-hybridized carbons (Fsp3) is 0.833. The molecule has 4 heteroatoms. The topological polar surface area (TPSA) is 69.6 Å². The first-order valence-corrected chi connectivity index (χ1v) is 3.17. The van der Waals surface area contributed by atoms with Crippen molar-refractivity contribution in [3.8, 4) is 0 Å². The average Bonchev–Trinajstić information content (AvgIpc) is 1.87. The van der Waals surface area contributed by atoms with Crippen molar-refractivity contribution in [2.45, 2.75) is 25.9 Å². The van der Waals surface area contributed by atoms with Crippen LogP contribution in [0.3, 0.4) is 0 Å². The SMILES string of the molecule is CC(CO)N[C@H](C)C(=O)O. The molecule has 0 saturated carbocycles. The Kier molecular flexibility index (Phi) is 3.99. The van der Waals surface area contributed by atoms with Crippen molar-refractivity contribution in [1.29, 1.82) is 0 Å². The summed E-state index contributed by atoms with van der Waals surface area (Å²) in [6.45, 7) is 3.21. The minimum atomic E-state index is -0.902. The van der Waals surface area contributed by atoms with Crippen molar-refractivity contribution in [2.75, 3.05) is 6.61 Å². The van der Waals surface area contributed by atoms with Gasteiger partial charge in [-0.15, -0.1) is 0 Å². The van der Waals surface area contributed by atoms with Crippen molar-refractivity contribution in [3.63, 3.8) is 0 Å². The molecule has 60 valence electrons. The highest BCUT2D eigenvalue weighted by Crippen LogP contribution is 1.85. The first kappa shape index (κ1) is 9.39. The second kappa shape index (κ2) is 4.24. The van der Waals surface area contributed by atoms with E-state index < -0.39 is 12.0 Å². The number of nitrogens with one attached hydrogen (secondary N) is 1. The molecular weight excluding hydrogens is 134 g/mol. The largest absolute Gasteiger partial charge is 0.480 e. The lowest BCUT2D eigenvalue weighted by atomic mass is 10.3. The van der Waals surface area contributed by atoms with Gasteiger partial charge in [0.05, 0.1) is 6.61 Å². The number of carboxylic acid groups (broad SMARTS) is 1. The summed E-state index contributed by atoms with van der Waals surface area (Å²) in [5.74, 6) is -0.902. The monoisotopic (exact) mass is 147 g/mol. The molecule has 1 unspecified atom stereocenters. The summed E-state index contributed by atoms with van der Waals surface area (Å²) < 4.78 is 0. The molecule has 0 heterocycles. The molecular formula is C6H13NO3. The van der Waals surface area contributed by atoms with Crippen LogP contribution < -0.4 is 5.32 Å². The zero-order valence-electron chi connectivity index (χ0n) is 6.16. The zero-order chi connectivity index (χ0) is 8.15. The molecule has 0 aliphatic heterocycles. The van der Waals surface area contributed by atoms with Crippen LogP contribution in [0.2, 0.25) is 0 Å². The predicted octanol–water partition coefficient (Wildman–Crippen LogP) is -0.570. The first-order valence-electron chi connectivity index (χ1n) is 3.17. The Balaban J connectivity index is 3.56. The Bertz CT molecular complexity index is 116. The first-order chi connectivity index (χ1) is 4.57. The van der Waals surface area contributed by atoms with Crippen LogP contribution in [0, 0.1) is 0 Å². The van der Waals surface area contributed by atoms with Gasteiger partial charge in [0.25, 0.3) is 0 Å². The molecule has 0 aromatic rings. The third kappa shape index (κ3) is 3.42. The summed E-state index contributed by atoms with van der Waals surface area (Å²) in [6, 6.07) is -0.756. The third-order valence-corrected chi connectivity index (χ3v) is 1.18. The highest BCUT2D eigenvalue weighted by molar-refractivity contribution is 5.72. The molecule has 2 atom stereocenters. The van der Waals surface area contributed by atoms with E-state index in [1.54, 1.807) is 6.92 Å². The lowest BCUT2D eigenvalue weighted by molar-refractivity contribution is -0.139. The fourth-order valence-electron chi connectivity index (χ4n) is 0.551. The minimum Gasteiger partial charge on any atom is -0.480 e. The Morgan fingerprint density at radius 2 is 2.10 bits per heavy atom. The van der Waals surface area contributed by atoms with E-state index in [1.165, 1.54) is 6.92 Å². The van der Waals surface area contributed by atoms with E-state index in [4.69, 9.17) is 10.2 Å². The molecule has 0 radical (unpaired) electrons. The van der Waals surface area contributed by atoms with Crippen LogP contribution in [0.25, 0.3) is 0 Å². The van der Waals surface area contributed by atoms with Gasteiger partial charge >= 0.3 is 5.97 Å². The second-order valence-corrected chi connectivity index (χ2v) is 2.31. The molecule has 0 aliphatic rings. The molecule has 4 nitrogen and oxygen atoms in total. The predicted molar refractivity (Wildman–Crippen MR) is 36.8 cm³/mol. The molecule has 0 aromatic heterocycles. The smallest absolute Gasteiger partial charge is 0.320 e. The van der Waals surface area contributed by atoms with Gasteiger partial charge in [-0.2, -0.15) is 0 Å².